The maximum atomic E-state index is 14.2. The lowest BCUT2D eigenvalue weighted by atomic mass is 10.0. The second-order valence-electron chi connectivity index (χ2n) is 5.03. The first kappa shape index (κ1) is 17.8. The van der Waals surface area contributed by atoms with Crippen LogP contribution in [0.5, 0.6) is 0 Å². The van der Waals surface area contributed by atoms with E-state index in [1.807, 2.05) is 5.32 Å². The number of ketones is 1. The second kappa shape index (κ2) is 7.36. The summed E-state index contributed by atoms with van der Waals surface area (Å²) in [6.45, 7) is 1.11. The number of carbonyl (C=O) groups excluding carboxylic acids is 2. The van der Waals surface area contributed by atoms with Crippen molar-refractivity contribution in [3.63, 3.8) is 0 Å². The zero-order chi connectivity index (χ0) is 18.6. The van der Waals surface area contributed by atoms with Gasteiger partial charge in [0.1, 0.15) is 23.5 Å². The molecule has 25 heavy (non-hydrogen) atoms. The quantitative estimate of drug-likeness (QED) is 0.385. The van der Waals surface area contributed by atoms with E-state index in [4.69, 9.17) is 5.26 Å². The first-order valence-corrected chi connectivity index (χ1v) is 7.05. The third-order valence-electron chi connectivity index (χ3n) is 3.29. The molecule has 0 unspecified atom stereocenters. The van der Waals surface area contributed by atoms with Crippen molar-refractivity contribution in [1.82, 2.24) is 0 Å². The number of rotatable bonds is 4. The Morgan fingerprint density at radius 2 is 1.76 bits per heavy atom. The number of nitriles is 1. The van der Waals surface area contributed by atoms with E-state index in [1.165, 1.54) is 18.2 Å². The highest BCUT2D eigenvalue weighted by Crippen LogP contribution is 2.22. The molecule has 2 aromatic rings. The predicted molar refractivity (Wildman–Crippen MR) is 85.8 cm³/mol. The fourth-order valence-electron chi connectivity index (χ4n) is 2.04. The van der Waals surface area contributed by atoms with Gasteiger partial charge in [-0.25, -0.2) is 8.78 Å². The van der Waals surface area contributed by atoms with Crippen molar-refractivity contribution in [2.45, 2.75) is 6.92 Å². The number of anilines is 1. The molecule has 1 amide bonds. The summed E-state index contributed by atoms with van der Waals surface area (Å²) >= 11 is 0. The molecule has 0 atom stereocenters. The zero-order valence-corrected chi connectivity index (χ0v) is 13.0. The Morgan fingerprint density at radius 3 is 2.32 bits per heavy atom. The highest BCUT2D eigenvalue weighted by Gasteiger charge is 2.20. The molecule has 0 aliphatic rings. The van der Waals surface area contributed by atoms with Gasteiger partial charge < -0.3 is 10.4 Å². The minimum Gasteiger partial charge on any atom is -0.511 e. The van der Waals surface area contributed by atoms with E-state index < -0.39 is 45.9 Å². The lowest BCUT2D eigenvalue weighted by Crippen LogP contribution is -2.17. The van der Waals surface area contributed by atoms with Crippen molar-refractivity contribution in [2.75, 3.05) is 5.32 Å². The molecule has 0 saturated heterocycles. The number of aliphatic hydroxyl groups is 1. The molecule has 0 aliphatic heterocycles. The lowest BCUT2D eigenvalue weighted by molar-refractivity contribution is -0.112. The topological polar surface area (TPSA) is 90.2 Å². The molecule has 0 radical (unpaired) electrons. The van der Waals surface area contributed by atoms with E-state index in [-0.39, 0.29) is 5.56 Å². The van der Waals surface area contributed by atoms with Gasteiger partial charge in [0.2, 0.25) is 0 Å². The number of nitrogens with zero attached hydrogens (tertiary/aromatic N) is 1. The van der Waals surface area contributed by atoms with Crippen molar-refractivity contribution >= 4 is 17.4 Å². The zero-order valence-electron chi connectivity index (χ0n) is 13.0. The van der Waals surface area contributed by atoms with Crippen molar-refractivity contribution in [3.05, 3.63) is 76.6 Å². The summed E-state index contributed by atoms with van der Waals surface area (Å²) in [5.41, 5.74) is -1.50. The number of halogens is 2. The van der Waals surface area contributed by atoms with Crippen LogP contribution in [0.4, 0.5) is 14.5 Å². The van der Waals surface area contributed by atoms with Crippen molar-refractivity contribution in [1.29, 1.82) is 5.26 Å². The Balaban J connectivity index is 2.35. The van der Waals surface area contributed by atoms with Crippen LogP contribution >= 0.6 is 0 Å². The fraction of sp³-hybridized carbons (Fsp3) is 0.0556. The van der Waals surface area contributed by atoms with E-state index in [9.17, 15) is 23.5 Å². The first-order valence-electron chi connectivity index (χ1n) is 7.05. The van der Waals surface area contributed by atoms with Crippen LogP contribution in [0.3, 0.4) is 0 Å². The normalized spacial score (nSPS) is 11.3. The van der Waals surface area contributed by atoms with E-state index in [0.717, 1.165) is 6.92 Å². The monoisotopic (exact) mass is 342 g/mol. The van der Waals surface area contributed by atoms with Gasteiger partial charge in [0.25, 0.3) is 5.91 Å². The van der Waals surface area contributed by atoms with Crippen molar-refractivity contribution < 1.29 is 23.5 Å². The van der Waals surface area contributed by atoms with Crippen LogP contribution in [0, 0.1) is 23.0 Å². The third kappa shape index (κ3) is 3.87. The minimum atomic E-state index is -1.09. The van der Waals surface area contributed by atoms with Crippen LogP contribution in [0.15, 0.2) is 53.8 Å². The molecule has 0 bridgehead atoms. The second-order valence-corrected chi connectivity index (χ2v) is 5.03. The molecular formula is C18H12F2N2O3. The average molecular weight is 342 g/mol. The molecule has 0 spiro atoms. The summed E-state index contributed by atoms with van der Waals surface area (Å²) in [6, 6.07) is 10.5. The van der Waals surface area contributed by atoms with E-state index in [2.05, 4.69) is 0 Å². The summed E-state index contributed by atoms with van der Waals surface area (Å²) in [4.78, 5) is 24.0. The minimum absolute atomic E-state index is 0.184. The number of aliphatic hydroxyl groups excluding tert-OH is 1. The van der Waals surface area contributed by atoms with Gasteiger partial charge in [-0.2, -0.15) is 5.26 Å². The molecule has 5 nitrogen and oxygen atoms in total. The van der Waals surface area contributed by atoms with E-state index >= 15 is 0 Å². The Bertz CT molecular complexity index is 912. The first-order chi connectivity index (χ1) is 11.8. The van der Waals surface area contributed by atoms with Crippen LogP contribution in [0.1, 0.15) is 22.8 Å². The number of hydrogen-bond acceptors (Lipinski definition) is 4. The molecule has 0 heterocycles. The van der Waals surface area contributed by atoms with Gasteiger partial charge in [0, 0.05) is 11.6 Å². The number of amides is 1. The fourth-order valence-corrected chi connectivity index (χ4v) is 2.04. The van der Waals surface area contributed by atoms with Crippen LogP contribution < -0.4 is 5.32 Å². The third-order valence-corrected chi connectivity index (χ3v) is 3.29. The molecule has 0 saturated carbocycles. The maximum Gasteiger partial charge on any atom is 0.269 e. The Labute approximate surface area is 141 Å². The summed E-state index contributed by atoms with van der Waals surface area (Å²) < 4.78 is 28.3. The van der Waals surface area contributed by atoms with Gasteiger partial charge in [0.05, 0.1) is 11.3 Å². The number of allylic oxidation sites excluding steroid dienone is 1. The molecule has 2 rings (SSSR count). The van der Waals surface area contributed by atoms with Gasteiger partial charge in [-0.15, -0.1) is 0 Å². The summed E-state index contributed by atoms with van der Waals surface area (Å²) in [5.74, 6) is -4.45. The standard InChI is InChI=1S/C18H12F2N2O3/c1-10(23)13(9-21)18(25)22-16-8-14(19)12(7-15(16)20)17(24)11-5-3-2-4-6-11/h2-8,23H,1H3,(H,22,25)/b13-10-. The van der Waals surface area contributed by atoms with E-state index in [0.29, 0.717) is 12.1 Å². The van der Waals surface area contributed by atoms with Crippen LogP contribution in [0.2, 0.25) is 0 Å². The summed E-state index contributed by atoms with van der Waals surface area (Å²) in [5, 5.41) is 20.0. The number of carbonyl (C=O) groups is 2. The summed E-state index contributed by atoms with van der Waals surface area (Å²) in [6.07, 6.45) is 0. The SMILES string of the molecule is C/C(O)=C(\C#N)C(=O)Nc1cc(F)c(C(=O)c2ccccc2)cc1F. The molecule has 7 heteroatoms. The Morgan fingerprint density at radius 1 is 1.12 bits per heavy atom. The van der Waals surface area contributed by atoms with Crippen LogP contribution in [-0.2, 0) is 4.79 Å². The van der Waals surface area contributed by atoms with Crippen molar-refractivity contribution in [3.8, 4) is 6.07 Å². The molecular weight excluding hydrogens is 330 g/mol. The Hall–Kier alpha value is -3.53. The van der Waals surface area contributed by atoms with Gasteiger partial charge in [-0.05, 0) is 13.0 Å². The average Bonchev–Trinajstić information content (AvgIpc) is 2.58. The van der Waals surface area contributed by atoms with E-state index in [1.54, 1.807) is 18.2 Å². The van der Waals surface area contributed by atoms with Crippen LogP contribution in [-0.4, -0.2) is 16.8 Å². The lowest BCUT2D eigenvalue weighted by Gasteiger charge is -2.09. The molecule has 0 aromatic heterocycles. The maximum absolute atomic E-state index is 14.2. The molecule has 0 aliphatic carbocycles. The molecule has 126 valence electrons. The van der Waals surface area contributed by atoms with Gasteiger partial charge in [-0.3, -0.25) is 9.59 Å². The Kier molecular flexibility index (Phi) is 5.25. The smallest absolute Gasteiger partial charge is 0.269 e. The molecule has 2 N–H and O–H groups in total. The molecule has 0 fully saturated rings. The highest BCUT2D eigenvalue weighted by molar-refractivity contribution is 6.10. The van der Waals surface area contributed by atoms with Gasteiger partial charge in [-0.1, -0.05) is 30.3 Å². The number of benzene rings is 2. The predicted octanol–water partition coefficient (Wildman–Crippen LogP) is 3.49. The van der Waals surface area contributed by atoms with Crippen LogP contribution in [0.25, 0.3) is 0 Å². The summed E-state index contributed by atoms with van der Waals surface area (Å²) in [7, 11) is 0. The van der Waals surface area contributed by atoms with Crippen molar-refractivity contribution in [2.24, 2.45) is 0 Å². The molecule has 2 aromatic carbocycles. The number of hydrogen-bond donors (Lipinski definition) is 2. The largest absolute Gasteiger partial charge is 0.511 e. The highest BCUT2D eigenvalue weighted by atomic mass is 19.1. The van der Waals surface area contributed by atoms with Gasteiger partial charge in [0.15, 0.2) is 11.4 Å². The van der Waals surface area contributed by atoms with Gasteiger partial charge >= 0.3 is 0 Å². The number of nitrogens with one attached hydrogen (secondary N) is 1.